The molecule has 1 aliphatic rings. The molecule has 0 fully saturated rings. The standard InChI is InChI=1S/C20H13N3O4/c24-19-12-5-1-3-7-17(12)26-10-14(19)15-9-23(22-21-15)16-11-27-18-8-4-2-6-13(18)20(16)25/h1-10,16H,11H2. The summed E-state index contributed by atoms with van der Waals surface area (Å²) in [5, 5.41) is 8.58. The van der Waals surface area contributed by atoms with E-state index in [9.17, 15) is 9.59 Å². The summed E-state index contributed by atoms with van der Waals surface area (Å²) in [5.74, 6) is 0.466. The number of ketones is 1. The van der Waals surface area contributed by atoms with Crippen molar-refractivity contribution in [1.29, 1.82) is 0 Å². The largest absolute Gasteiger partial charge is 0.490 e. The molecule has 0 amide bonds. The number of carbonyl (C=O) groups is 1. The van der Waals surface area contributed by atoms with Gasteiger partial charge in [-0.1, -0.05) is 29.5 Å². The predicted molar refractivity (Wildman–Crippen MR) is 96.8 cm³/mol. The first-order valence-corrected chi connectivity index (χ1v) is 8.41. The number of ether oxygens (including phenoxy) is 1. The van der Waals surface area contributed by atoms with E-state index < -0.39 is 6.04 Å². The lowest BCUT2D eigenvalue weighted by molar-refractivity contribution is 0.0826. The lowest BCUT2D eigenvalue weighted by atomic mass is 10.0. The Labute approximate surface area is 152 Å². The lowest BCUT2D eigenvalue weighted by Gasteiger charge is -2.23. The van der Waals surface area contributed by atoms with Crippen LogP contribution in [0.1, 0.15) is 16.4 Å². The van der Waals surface area contributed by atoms with E-state index in [4.69, 9.17) is 9.15 Å². The molecule has 132 valence electrons. The van der Waals surface area contributed by atoms with Crippen LogP contribution in [0.4, 0.5) is 0 Å². The van der Waals surface area contributed by atoms with Gasteiger partial charge in [-0.2, -0.15) is 0 Å². The van der Waals surface area contributed by atoms with E-state index in [2.05, 4.69) is 10.3 Å². The number of carbonyl (C=O) groups excluding carboxylic acids is 1. The molecule has 3 heterocycles. The maximum atomic E-state index is 12.8. The first kappa shape index (κ1) is 15.5. The third-order valence-corrected chi connectivity index (χ3v) is 4.64. The Morgan fingerprint density at radius 3 is 2.74 bits per heavy atom. The van der Waals surface area contributed by atoms with Gasteiger partial charge in [0.1, 0.15) is 29.9 Å². The van der Waals surface area contributed by atoms with Crippen molar-refractivity contribution in [3.63, 3.8) is 0 Å². The highest BCUT2D eigenvalue weighted by molar-refractivity contribution is 6.02. The van der Waals surface area contributed by atoms with Crippen molar-refractivity contribution in [3.8, 4) is 17.0 Å². The fourth-order valence-corrected chi connectivity index (χ4v) is 3.22. The van der Waals surface area contributed by atoms with E-state index in [0.717, 1.165) is 0 Å². The molecule has 0 aliphatic carbocycles. The van der Waals surface area contributed by atoms with Crippen molar-refractivity contribution in [3.05, 3.63) is 76.8 Å². The highest BCUT2D eigenvalue weighted by Gasteiger charge is 2.31. The summed E-state index contributed by atoms with van der Waals surface area (Å²) in [6.07, 6.45) is 2.94. The maximum absolute atomic E-state index is 12.8. The van der Waals surface area contributed by atoms with Crippen LogP contribution >= 0.6 is 0 Å². The molecular formula is C20H13N3O4. The molecule has 0 saturated heterocycles. The molecule has 0 saturated carbocycles. The van der Waals surface area contributed by atoms with Gasteiger partial charge in [-0.15, -0.1) is 5.10 Å². The summed E-state index contributed by atoms with van der Waals surface area (Å²) < 4.78 is 12.6. The van der Waals surface area contributed by atoms with Gasteiger partial charge in [-0.05, 0) is 24.3 Å². The number of para-hydroxylation sites is 2. The number of benzene rings is 2. The van der Waals surface area contributed by atoms with Crippen molar-refractivity contribution in [2.45, 2.75) is 6.04 Å². The summed E-state index contributed by atoms with van der Waals surface area (Å²) in [4.78, 5) is 25.5. The molecule has 1 aliphatic heterocycles. The second-order valence-corrected chi connectivity index (χ2v) is 6.25. The Bertz CT molecular complexity index is 1240. The van der Waals surface area contributed by atoms with Gasteiger partial charge in [0.15, 0.2) is 11.8 Å². The summed E-state index contributed by atoms with van der Waals surface area (Å²) in [6.45, 7) is 0.158. The number of rotatable bonds is 2. The second kappa shape index (κ2) is 5.91. The van der Waals surface area contributed by atoms with Crippen LogP contribution in [0.25, 0.3) is 22.2 Å². The van der Waals surface area contributed by atoms with Gasteiger partial charge in [0.05, 0.1) is 22.7 Å². The van der Waals surface area contributed by atoms with Crippen LogP contribution in [0.3, 0.4) is 0 Å². The average molecular weight is 359 g/mol. The molecule has 2 aromatic heterocycles. The Morgan fingerprint density at radius 2 is 1.81 bits per heavy atom. The van der Waals surface area contributed by atoms with Gasteiger partial charge < -0.3 is 9.15 Å². The maximum Gasteiger partial charge on any atom is 0.202 e. The minimum Gasteiger partial charge on any atom is -0.490 e. The summed E-state index contributed by atoms with van der Waals surface area (Å²) in [6, 6.07) is 13.5. The Kier molecular flexibility index (Phi) is 3.39. The fraction of sp³-hybridized carbons (Fsp3) is 0.100. The van der Waals surface area contributed by atoms with Crippen molar-refractivity contribution in [2.75, 3.05) is 6.61 Å². The minimum absolute atomic E-state index is 0.0983. The van der Waals surface area contributed by atoms with Crippen molar-refractivity contribution in [2.24, 2.45) is 0 Å². The molecule has 7 nitrogen and oxygen atoms in total. The lowest BCUT2D eigenvalue weighted by Crippen LogP contribution is -2.30. The number of Topliss-reactive ketones (excluding diaryl/α,β-unsaturated/α-hetero) is 1. The van der Waals surface area contributed by atoms with Crippen LogP contribution < -0.4 is 10.2 Å². The molecule has 0 spiro atoms. The number of hydrogen-bond donors (Lipinski definition) is 0. The molecule has 1 atom stereocenters. The highest BCUT2D eigenvalue weighted by Crippen LogP contribution is 2.29. The van der Waals surface area contributed by atoms with Crippen LogP contribution in [0.15, 0.2) is 70.2 Å². The molecule has 27 heavy (non-hydrogen) atoms. The van der Waals surface area contributed by atoms with E-state index in [0.29, 0.717) is 33.5 Å². The average Bonchev–Trinajstić information content (AvgIpc) is 3.18. The Morgan fingerprint density at radius 1 is 1.00 bits per heavy atom. The van der Waals surface area contributed by atoms with Gasteiger partial charge in [0.25, 0.3) is 0 Å². The van der Waals surface area contributed by atoms with E-state index >= 15 is 0 Å². The molecule has 0 radical (unpaired) electrons. The zero-order valence-electron chi connectivity index (χ0n) is 14.0. The minimum atomic E-state index is -0.631. The molecule has 5 rings (SSSR count). The Balaban J connectivity index is 1.54. The predicted octanol–water partition coefficient (Wildman–Crippen LogP) is 2.87. The summed E-state index contributed by atoms with van der Waals surface area (Å²) in [5.41, 5.74) is 1.47. The molecule has 4 aromatic rings. The molecular weight excluding hydrogens is 346 g/mol. The normalized spacial score (nSPS) is 16.1. The first-order chi connectivity index (χ1) is 13.2. The second-order valence-electron chi connectivity index (χ2n) is 6.25. The topological polar surface area (TPSA) is 87.2 Å². The highest BCUT2D eigenvalue weighted by atomic mass is 16.5. The van der Waals surface area contributed by atoms with Crippen LogP contribution in [0, 0.1) is 0 Å². The van der Waals surface area contributed by atoms with Gasteiger partial charge in [0, 0.05) is 0 Å². The van der Waals surface area contributed by atoms with Gasteiger partial charge in [0.2, 0.25) is 5.43 Å². The van der Waals surface area contributed by atoms with Crippen molar-refractivity contribution in [1.82, 2.24) is 15.0 Å². The number of aromatic nitrogens is 3. The molecule has 2 aromatic carbocycles. The monoisotopic (exact) mass is 359 g/mol. The number of hydrogen-bond acceptors (Lipinski definition) is 6. The van der Waals surface area contributed by atoms with Gasteiger partial charge in [-0.3, -0.25) is 9.59 Å². The third kappa shape index (κ3) is 2.43. The molecule has 7 heteroatoms. The summed E-state index contributed by atoms with van der Waals surface area (Å²) in [7, 11) is 0. The number of nitrogens with zero attached hydrogens (tertiary/aromatic N) is 3. The zero-order valence-corrected chi connectivity index (χ0v) is 14.0. The smallest absolute Gasteiger partial charge is 0.202 e. The van der Waals surface area contributed by atoms with Gasteiger partial charge in [-0.25, -0.2) is 4.68 Å². The molecule has 0 N–H and O–H groups in total. The quantitative estimate of drug-likeness (QED) is 0.547. The van der Waals surface area contributed by atoms with E-state index in [-0.39, 0.29) is 17.8 Å². The third-order valence-electron chi connectivity index (χ3n) is 4.64. The van der Waals surface area contributed by atoms with E-state index in [1.807, 2.05) is 6.07 Å². The van der Waals surface area contributed by atoms with Crippen LogP contribution in [-0.2, 0) is 0 Å². The first-order valence-electron chi connectivity index (χ1n) is 8.41. The molecule has 0 bridgehead atoms. The Hall–Kier alpha value is -3.74. The molecule has 1 unspecified atom stereocenters. The van der Waals surface area contributed by atoms with E-state index in [1.54, 1.807) is 48.7 Å². The zero-order chi connectivity index (χ0) is 18.4. The van der Waals surface area contributed by atoms with Crippen molar-refractivity contribution >= 4 is 16.8 Å². The number of fused-ring (bicyclic) bond motifs is 2. The van der Waals surface area contributed by atoms with E-state index in [1.165, 1.54) is 10.9 Å². The van der Waals surface area contributed by atoms with Gasteiger partial charge >= 0.3 is 0 Å². The van der Waals surface area contributed by atoms with Crippen LogP contribution in [0.2, 0.25) is 0 Å². The van der Waals surface area contributed by atoms with Crippen molar-refractivity contribution < 1.29 is 13.9 Å². The van der Waals surface area contributed by atoms with Crippen LogP contribution in [0.5, 0.6) is 5.75 Å². The van der Waals surface area contributed by atoms with Crippen LogP contribution in [-0.4, -0.2) is 27.4 Å². The SMILES string of the molecule is O=C1c2ccccc2OCC1n1cc(-c2coc3ccccc3c2=O)nn1. The fourth-order valence-electron chi connectivity index (χ4n) is 3.22. The summed E-state index contributed by atoms with van der Waals surface area (Å²) >= 11 is 0.